The van der Waals surface area contributed by atoms with Gasteiger partial charge >= 0.3 is 6.09 Å². The number of nitrogens with one attached hydrogen (secondary N) is 2. The van der Waals surface area contributed by atoms with Crippen LogP contribution < -0.4 is 10.6 Å². The molecule has 11 heavy (non-hydrogen) atoms. The van der Waals surface area contributed by atoms with Crippen LogP contribution in [0, 0.1) is 0 Å². The molecule has 0 radical (unpaired) electrons. The van der Waals surface area contributed by atoms with E-state index in [2.05, 4.69) is 15.4 Å². The molecule has 2 N–H and O–H groups in total. The predicted molar refractivity (Wildman–Crippen MR) is 37.1 cm³/mol. The Morgan fingerprint density at radius 2 is 2.45 bits per heavy atom. The third kappa shape index (κ3) is 2.04. The summed E-state index contributed by atoms with van der Waals surface area (Å²) in [5, 5.41) is 5.19. The van der Waals surface area contributed by atoms with Crippen LogP contribution in [0.4, 0.5) is 9.18 Å². The van der Waals surface area contributed by atoms with Gasteiger partial charge in [-0.25, -0.2) is 9.18 Å². The maximum absolute atomic E-state index is 12.8. The molecule has 0 bridgehead atoms. The molecule has 64 valence electrons. The molecule has 1 saturated heterocycles. The quantitative estimate of drug-likeness (QED) is 0.554. The van der Waals surface area contributed by atoms with Gasteiger partial charge in [0.1, 0.15) is 6.17 Å². The fraction of sp³-hybridized carbons (Fsp3) is 0.833. The molecule has 1 heterocycles. The number of ether oxygens (including phenoxy) is 1. The number of alkyl carbamates (subject to hydrolysis) is 1. The first-order chi connectivity index (χ1) is 5.24. The van der Waals surface area contributed by atoms with Gasteiger partial charge in [-0.15, -0.1) is 0 Å². The van der Waals surface area contributed by atoms with Crippen molar-refractivity contribution in [3.05, 3.63) is 0 Å². The normalized spacial score (nSPS) is 30.0. The van der Waals surface area contributed by atoms with E-state index in [4.69, 9.17) is 0 Å². The van der Waals surface area contributed by atoms with Gasteiger partial charge in [0.25, 0.3) is 0 Å². The van der Waals surface area contributed by atoms with Gasteiger partial charge in [0.2, 0.25) is 0 Å². The molecule has 1 aliphatic heterocycles. The number of hydrogen-bond donors (Lipinski definition) is 2. The standard InChI is InChI=1S/C6H11FN2O2/c1-11-6(10)9-5-3-8-2-4(5)7/h4-5,8H,2-3H2,1H3,(H,9,10). The van der Waals surface area contributed by atoms with Gasteiger partial charge in [-0.1, -0.05) is 0 Å². The fourth-order valence-electron chi connectivity index (χ4n) is 0.999. The lowest BCUT2D eigenvalue weighted by atomic mass is 10.2. The molecule has 0 aromatic carbocycles. The Morgan fingerprint density at radius 1 is 1.73 bits per heavy atom. The van der Waals surface area contributed by atoms with Gasteiger partial charge in [-0.3, -0.25) is 0 Å². The zero-order chi connectivity index (χ0) is 8.27. The second-order valence-corrected chi connectivity index (χ2v) is 2.42. The minimum atomic E-state index is -1.01. The summed E-state index contributed by atoms with van der Waals surface area (Å²) < 4.78 is 17.1. The molecule has 1 aliphatic rings. The first-order valence-electron chi connectivity index (χ1n) is 3.43. The number of carbonyl (C=O) groups excluding carboxylic acids is 1. The topological polar surface area (TPSA) is 50.4 Å². The Labute approximate surface area is 64.1 Å². The van der Waals surface area contributed by atoms with E-state index in [1.54, 1.807) is 0 Å². The van der Waals surface area contributed by atoms with Crippen molar-refractivity contribution in [1.29, 1.82) is 0 Å². The van der Waals surface area contributed by atoms with Crippen LogP contribution >= 0.6 is 0 Å². The number of carbonyl (C=O) groups is 1. The summed E-state index contributed by atoms with van der Waals surface area (Å²) in [6.45, 7) is 0.769. The van der Waals surface area contributed by atoms with E-state index in [-0.39, 0.29) is 0 Å². The lowest BCUT2D eigenvalue weighted by Crippen LogP contribution is -2.41. The zero-order valence-corrected chi connectivity index (χ0v) is 6.26. The molecule has 1 rings (SSSR count). The van der Waals surface area contributed by atoms with Crippen LogP contribution in [0.3, 0.4) is 0 Å². The molecule has 0 aromatic rings. The maximum Gasteiger partial charge on any atom is 0.407 e. The summed E-state index contributed by atoms with van der Waals surface area (Å²) in [6, 6.07) is -0.442. The highest BCUT2D eigenvalue weighted by Gasteiger charge is 2.27. The van der Waals surface area contributed by atoms with Crippen molar-refractivity contribution in [2.75, 3.05) is 20.2 Å². The molecular weight excluding hydrogens is 151 g/mol. The van der Waals surface area contributed by atoms with E-state index in [9.17, 15) is 9.18 Å². The van der Waals surface area contributed by atoms with E-state index in [1.807, 2.05) is 0 Å². The third-order valence-corrected chi connectivity index (χ3v) is 1.63. The minimum Gasteiger partial charge on any atom is -0.453 e. The van der Waals surface area contributed by atoms with E-state index in [0.717, 1.165) is 0 Å². The van der Waals surface area contributed by atoms with E-state index in [1.165, 1.54) is 7.11 Å². The van der Waals surface area contributed by atoms with Crippen molar-refractivity contribution >= 4 is 6.09 Å². The monoisotopic (exact) mass is 162 g/mol. The molecule has 0 spiro atoms. The Balaban J connectivity index is 2.30. The van der Waals surface area contributed by atoms with Gasteiger partial charge in [0.05, 0.1) is 13.2 Å². The summed E-state index contributed by atoms with van der Waals surface area (Å²) in [6.07, 6.45) is -1.59. The molecule has 1 amide bonds. The molecule has 0 aromatic heterocycles. The highest BCUT2D eigenvalue weighted by molar-refractivity contribution is 5.67. The van der Waals surface area contributed by atoms with Crippen LogP contribution in [0.2, 0.25) is 0 Å². The number of halogens is 1. The van der Waals surface area contributed by atoms with Crippen LogP contribution in [0.1, 0.15) is 0 Å². The van der Waals surface area contributed by atoms with Crippen LogP contribution in [-0.4, -0.2) is 38.5 Å². The number of rotatable bonds is 1. The number of amides is 1. The molecule has 0 aliphatic carbocycles. The van der Waals surface area contributed by atoms with Gasteiger partial charge in [0, 0.05) is 13.1 Å². The second-order valence-electron chi connectivity index (χ2n) is 2.42. The molecular formula is C6H11FN2O2. The summed E-state index contributed by atoms with van der Waals surface area (Å²) in [7, 11) is 1.25. The Kier molecular flexibility index (Phi) is 2.64. The number of hydrogen-bond acceptors (Lipinski definition) is 3. The maximum atomic E-state index is 12.8. The largest absolute Gasteiger partial charge is 0.453 e. The SMILES string of the molecule is COC(=O)NC1CNCC1F. The average Bonchev–Trinajstić information content (AvgIpc) is 2.37. The number of methoxy groups -OCH3 is 1. The van der Waals surface area contributed by atoms with Gasteiger partial charge in [0.15, 0.2) is 0 Å². The zero-order valence-electron chi connectivity index (χ0n) is 6.26. The second kappa shape index (κ2) is 3.52. The first kappa shape index (κ1) is 8.26. The summed E-state index contributed by atoms with van der Waals surface area (Å²) in [5.74, 6) is 0. The van der Waals surface area contributed by atoms with Crippen LogP contribution in [0.15, 0.2) is 0 Å². The Hall–Kier alpha value is -0.840. The number of alkyl halides is 1. The van der Waals surface area contributed by atoms with Crippen LogP contribution in [-0.2, 0) is 4.74 Å². The fourth-order valence-corrected chi connectivity index (χ4v) is 0.999. The highest BCUT2D eigenvalue weighted by atomic mass is 19.1. The van der Waals surface area contributed by atoms with Gasteiger partial charge < -0.3 is 15.4 Å². The first-order valence-corrected chi connectivity index (χ1v) is 3.43. The molecule has 5 heteroatoms. The minimum absolute atomic E-state index is 0.300. The molecule has 2 atom stereocenters. The third-order valence-electron chi connectivity index (χ3n) is 1.63. The molecule has 4 nitrogen and oxygen atoms in total. The van der Waals surface area contributed by atoms with Crippen molar-refractivity contribution in [3.8, 4) is 0 Å². The van der Waals surface area contributed by atoms with Crippen molar-refractivity contribution in [3.63, 3.8) is 0 Å². The smallest absolute Gasteiger partial charge is 0.407 e. The molecule has 0 saturated carbocycles. The van der Waals surface area contributed by atoms with Crippen molar-refractivity contribution in [1.82, 2.24) is 10.6 Å². The van der Waals surface area contributed by atoms with Gasteiger partial charge in [-0.2, -0.15) is 0 Å². The Morgan fingerprint density at radius 3 is 2.91 bits per heavy atom. The van der Waals surface area contributed by atoms with Crippen molar-refractivity contribution in [2.45, 2.75) is 12.2 Å². The molecule has 1 fully saturated rings. The van der Waals surface area contributed by atoms with E-state index < -0.39 is 18.3 Å². The predicted octanol–water partition coefficient (Wildman–Crippen LogP) is -0.348. The van der Waals surface area contributed by atoms with E-state index in [0.29, 0.717) is 13.1 Å². The van der Waals surface area contributed by atoms with Crippen LogP contribution in [0.25, 0.3) is 0 Å². The summed E-state index contributed by atoms with van der Waals surface area (Å²) in [4.78, 5) is 10.6. The Bertz CT molecular complexity index is 154. The van der Waals surface area contributed by atoms with E-state index >= 15 is 0 Å². The average molecular weight is 162 g/mol. The lowest BCUT2D eigenvalue weighted by Gasteiger charge is -2.11. The van der Waals surface area contributed by atoms with Crippen LogP contribution in [0.5, 0.6) is 0 Å². The summed E-state index contributed by atoms with van der Waals surface area (Å²) >= 11 is 0. The highest BCUT2D eigenvalue weighted by Crippen LogP contribution is 2.03. The summed E-state index contributed by atoms with van der Waals surface area (Å²) in [5.41, 5.74) is 0. The molecule has 2 unspecified atom stereocenters. The van der Waals surface area contributed by atoms with Gasteiger partial charge in [-0.05, 0) is 0 Å². The lowest BCUT2D eigenvalue weighted by molar-refractivity contribution is 0.161. The van der Waals surface area contributed by atoms with Crippen molar-refractivity contribution in [2.24, 2.45) is 0 Å². The van der Waals surface area contributed by atoms with Crippen molar-refractivity contribution < 1.29 is 13.9 Å².